The molecule has 5 nitrogen and oxygen atoms in total. The minimum Gasteiger partial charge on any atom is -0.481 e. The summed E-state index contributed by atoms with van der Waals surface area (Å²) in [5.74, 6) is -0.908. The number of carboxylic acid groups (broad SMARTS) is 1. The molecule has 1 aliphatic heterocycles. The van der Waals surface area contributed by atoms with Crippen LogP contribution in [0.5, 0.6) is 0 Å². The fraction of sp³-hybridized carbons (Fsp3) is 0.529. The lowest BCUT2D eigenvalue weighted by atomic mass is 9.73. The Hall–Kier alpha value is -1.75. The third kappa shape index (κ3) is 3.78. The molecule has 1 aromatic carbocycles. The molecule has 6 heteroatoms. The van der Waals surface area contributed by atoms with Crippen molar-refractivity contribution in [3.05, 3.63) is 34.9 Å². The van der Waals surface area contributed by atoms with Crippen LogP contribution in [-0.4, -0.2) is 40.8 Å². The molecule has 1 N–H and O–H groups in total. The summed E-state index contributed by atoms with van der Waals surface area (Å²) in [7, 11) is 0. The molecule has 1 aliphatic rings. The molecule has 1 heterocycles. The number of hydrogen-bond acceptors (Lipinski definition) is 3. The largest absolute Gasteiger partial charge is 0.481 e. The Labute approximate surface area is 141 Å². The number of amides is 1. The predicted molar refractivity (Wildman–Crippen MR) is 87.8 cm³/mol. The van der Waals surface area contributed by atoms with Gasteiger partial charge in [0.1, 0.15) is 5.60 Å². The summed E-state index contributed by atoms with van der Waals surface area (Å²) in [6, 6.07) is 7.00. The minimum atomic E-state index is -1.06. The van der Waals surface area contributed by atoms with Crippen LogP contribution in [0.1, 0.15) is 39.2 Å². The predicted octanol–water partition coefficient (Wildman–Crippen LogP) is 3.69. The molecule has 1 amide bonds. The molecule has 1 aromatic rings. The zero-order chi connectivity index (χ0) is 17.3. The van der Waals surface area contributed by atoms with Crippen molar-refractivity contribution < 1.29 is 19.4 Å². The highest BCUT2D eigenvalue weighted by Gasteiger charge is 2.45. The monoisotopic (exact) mass is 339 g/mol. The first-order valence-corrected chi connectivity index (χ1v) is 8.00. The number of halogens is 1. The topological polar surface area (TPSA) is 66.8 Å². The van der Waals surface area contributed by atoms with Crippen LogP contribution in [-0.2, 0) is 14.9 Å². The van der Waals surface area contributed by atoms with Crippen LogP contribution < -0.4 is 0 Å². The highest BCUT2D eigenvalue weighted by Crippen LogP contribution is 2.39. The van der Waals surface area contributed by atoms with Crippen molar-refractivity contribution in [3.8, 4) is 0 Å². The van der Waals surface area contributed by atoms with Gasteiger partial charge in [-0.25, -0.2) is 4.79 Å². The van der Waals surface area contributed by atoms with E-state index in [4.69, 9.17) is 16.3 Å². The number of carbonyl (C=O) groups is 2. The SMILES string of the molecule is CC(C)(C)OC(=O)N1CCC(C(=O)O)(c2ccccc2Cl)CC1. The third-order valence-corrected chi connectivity index (χ3v) is 4.40. The van der Waals surface area contributed by atoms with Crippen LogP contribution in [0.3, 0.4) is 0 Å². The fourth-order valence-corrected chi connectivity index (χ4v) is 3.16. The lowest BCUT2D eigenvalue weighted by Gasteiger charge is -2.39. The standard InChI is InChI=1S/C17H22ClNO4/c1-16(2,3)23-15(22)19-10-8-17(9-11-19,14(20)21)12-6-4-5-7-13(12)18/h4-7H,8-11H2,1-3H3,(H,20,21). The van der Waals surface area contributed by atoms with Crippen molar-refractivity contribution in [3.63, 3.8) is 0 Å². The molecule has 0 saturated carbocycles. The maximum absolute atomic E-state index is 12.1. The molecule has 23 heavy (non-hydrogen) atoms. The van der Waals surface area contributed by atoms with E-state index >= 15 is 0 Å². The first-order valence-electron chi connectivity index (χ1n) is 7.62. The van der Waals surface area contributed by atoms with Gasteiger partial charge < -0.3 is 14.7 Å². The smallest absolute Gasteiger partial charge is 0.410 e. The molecule has 126 valence electrons. The third-order valence-electron chi connectivity index (χ3n) is 4.07. The first kappa shape index (κ1) is 17.6. The zero-order valence-electron chi connectivity index (χ0n) is 13.6. The summed E-state index contributed by atoms with van der Waals surface area (Å²) >= 11 is 6.21. The number of ether oxygens (including phenoxy) is 1. The minimum absolute atomic E-state index is 0.311. The zero-order valence-corrected chi connectivity index (χ0v) is 14.4. The van der Waals surface area contributed by atoms with Gasteiger partial charge in [0.15, 0.2) is 0 Å². The van der Waals surface area contributed by atoms with E-state index in [0.29, 0.717) is 36.5 Å². The van der Waals surface area contributed by atoms with E-state index in [0.717, 1.165) is 0 Å². The molecule has 1 fully saturated rings. The fourth-order valence-electron chi connectivity index (χ4n) is 2.85. The molecule has 0 aliphatic carbocycles. The van der Waals surface area contributed by atoms with E-state index in [2.05, 4.69) is 0 Å². The Morgan fingerprint density at radius 3 is 2.26 bits per heavy atom. The van der Waals surface area contributed by atoms with Crippen LogP contribution >= 0.6 is 11.6 Å². The van der Waals surface area contributed by atoms with Gasteiger partial charge in [0.25, 0.3) is 0 Å². The summed E-state index contributed by atoms with van der Waals surface area (Å²) in [6.45, 7) is 6.07. The normalized spacial score (nSPS) is 17.7. The quantitative estimate of drug-likeness (QED) is 0.892. The Morgan fingerprint density at radius 2 is 1.78 bits per heavy atom. The van der Waals surface area contributed by atoms with Crippen LogP contribution in [0.2, 0.25) is 5.02 Å². The molecule has 0 spiro atoms. The van der Waals surface area contributed by atoms with E-state index in [1.807, 2.05) is 0 Å². The van der Waals surface area contributed by atoms with Crippen molar-refractivity contribution in [1.82, 2.24) is 4.90 Å². The lowest BCUT2D eigenvalue weighted by Crippen LogP contribution is -2.50. The van der Waals surface area contributed by atoms with Gasteiger partial charge in [0.2, 0.25) is 0 Å². The summed E-state index contributed by atoms with van der Waals surface area (Å²) in [5, 5.41) is 10.2. The molecular weight excluding hydrogens is 318 g/mol. The van der Waals surface area contributed by atoms with Crippen LogP contribution in [0.25, 0.3) is 0 Å². The van der Waals surface area contributed by atoms with Gasteiger partial charge in [0.05, 0.1) is 5.41 Å². The molecule has 0 aromatic heterocycles. The Balaban J connectivity index is 2.18. The highest BCUT2D eigenvalue weighted by molar-refractivity contribution is 6.31. The number of aliphatic carboxylic acids is 1. The number of carboxylic acids is 1. The van der Waals surface area contributed by atoms with Crippen molar-refractivity contribution in [2.75, 3.05) is 13.1 Å². The van der Waals surface area contributed by atoms with Crippen molar-refractivity contribution >= 4 is 23.7 Å². The van der Waals surface area contributed by atoms with Gasteiger partial charge in [-0.05, 0) is 45.2 Å². The molecular formula is C17H22ClNO4. The molecule has 0 atom stereocenters. The molecule has 1 saturated heterocycles. The number of carbonyl (C=O) groups excluding carboxylic acids is 1. The molecule has 0 radical (unpaired) electrons. The number of rotatable bonds is 2. The van der Waals surface area contributed by atoms with E-state index < -0.39 is 23.1 Å². The van der Waals surface area contributed by atoms with E-state index in [1.54, 1.807) is 49.9 Å². The summed E-state index contributed by atoms with van der Waals surface area (Å²) in [5.41, 5.74) is -1.02. The summed E-state index contributed by atoms with van der Waals surface area (Å²) in [6.07, 6.45) is 0.215. The molecule has 0 unspecified atom stereocenters. The number of likely N-dealkylation sites (tertiary alicyclic amines) is 1. The van der Waals surface area contributed by atoms with E-state index in [9.17, 15) is 14.7 Å². The van der Waals surface area contributed by atoms with Gasteiger partial charge in [0, 0.05) is 18.1 Å². The second-order valence-corrected chi connectivity index (χ2v) is 7.24. The summed E-state index contributed by atoms with van der Waals surface area (Å²) in [4.78, 5) is 25.6. The van der Waals surface area contributed by atoms with Gasteiger partial charge in [-0.3, -0.25) is 4.79 Å². The Bertz CT molecular complexity index is 601. The van der Waals surface area contributed by atoms with Gasteiger partial charge in [-0.2, -0.15) is 0 Å². The molecule has 0 bridgehead atoms. The highest BCUT2D eigenvalue weighted by atomic mass is 35.5. The van der Waals surface area contributed by atoms with E-state index in [1.165, 1.54) is 0 Å². The maximum Gasteiger partial charge on any atom is 0.410 e. The number of benzene rings is 1. The summed E-state index contributed by atoms with van der Waals surface area (Å²) < 4.78 is 5.35. The first-order chi connectivity index (χ1) is 10.7. The Kier molecular flexibility index (Phi) is 4.90. The van der Waals surface area contributed by atoms with Crippen LogP contribution in [0.15, 0.2) is 24.3 Å². The van der Waals surface area contributed by atoms with Gasteiger partial charge in [-0.15, -0.1) is 0 Å². The van der Waals surface area contributed by atoms with Crippen molar-refractivity contribution in [1.29, 1.82) is 0 Å². The Morgan fingerprint density at radius 1 is 1.22 bits per heavy atom. The maximum atomic E-state index is 12.1. The van der Waals surface area contributed by atoms with Gasteiger partial charge >= 0.3 is 12.1 Å². The van der Waals surface area contributed by atoms with Crippen LogP contribution in [0, 0.1) is 0 Å². The van der Waals surface area contributed by atoms with Crippen molar-refractivity contribution in [2.45, 2.75) is 44.6 Å². The molecule has 2 rings (SSSR count). The lowest BCUT2D eigenvalue weighted by molar-refractivity contribution is -0.146. The number of hydrogen-bond donors (Lipinski definition) is 1. The average molecular weight is 340 g/mol. The van der Waals surface area contributed by atoms with Crippen LogP contribution in [0.4, 0.5) is 4.79 Å². The van der Waals surface area contributed by atoms with Crippen molar-refractivity contribution in [2.24, 2.45) is 0 Å². The van der Waals surface area contributed by atoms with E-state index in [-0.39, 0.29) is 0 Å². The van der Waals surface area contributed by atoms with Gasteiger partial charge in [-0.1, -0.05) is 29.8 Å². The second kappa shape index (κ2) is 6.40. The number of piperidine rings is 1. The second-order valence-electron chi connectivity index (χ2n) is 6.83. The average Bonchev–Trinajstić information content (AvgIpc) is 2.46. The number of nitrogens with zero attached hydrogens (tertiary/aromatic N) is 1.